The quantitative estimate of drug-likeness (QED) is 0.517. The first-order chi connectivity index (χ1) is 16.4. The van der Waals surface area contributed by atoms with Crippen LogP contribution in [0.5, 0.6) is 5.75 Å². The molecule has 4 rings (SSSR count). The highest BCUT2D eigenvalue weighted by Gasteiger charge is 2.25. The summed E-state index contributed by atoms with van der Waals surface area (Å²) in [6, 6.07) is 14.2. The Labute approximate surface area is 199 Å². The summed E-state index contributed by atoms with van der Waals surface area (Å²) in [6.45, 7) is 7.44. The van der Waals surface area contributed by atoms with Gasteiger partial charge in [0.1, 0.15) is 11.4 Å². The molecule has 2 aromatic carbocycles. The Morgan fingerprint density at radius 3 is 2.71 bits per heavy atom. The van der Waals surface area contributed by atoms with Gasteiger partial charge < -0.3 is 24.7 Å². The summed E-state index contributed by atoms with van der Waals surface area (Å²) in [4.78, 5) is 32.9. The number of methoxy groups -OCH3 is 2. The molecule has 2 heterocycles. The Balaban J connectivity index is 1.38. The maximum Gasteiger partial charge on any atom is 0.356 e. The number of aryl methyl sites for hydroxylation is 1. The summed E-state index contributed by atoms with van der Waals surface area (Å²) < 4.78 is 10.3. The van der Waals surface area contributed by atoms with E-state index in [2.05, 4.69) is 39.2 Å². The minimum absolute atomic E-state index is 0.129. The van der Waals surface area contributed by atoms with E-state index in [0.717, 1.165) is 47.5 Å². The molecule has 0 spiro atoms. The van der Waals surface area contributed by atoms with Gasteiger partial charge in [0.15, 0.2) is 0 Å². The number of aromatic nitrogens is 1. The van der Waals surface area contributed by atoms with Crippen molar-refractivity contribution in [3.8, 4) is 5.75 Å². The molecule has 3 aromatic rings. The number of esters is 1. The van der Waals surface area contributed by atoms with Crippen molar-refractivity contribution in [2.75, 3.05) is 50.6 Å². The summed E-state index contributed by atoms with van der Waals surface area (Å²) in [6.07, 6.45) is 0.338. The molecule has 0 saturated carbocycles. The third kappa shape index (κ3) is 5.02. The zero-order valence-electron chi connectivity index (χ0n) is 20.2. The number of nitrogens with zero attached hydrogens (tertiary/aromatic N) is 2. The van der Waals surface area contributed by atoms with Crippen molar-refractivity contribution in [3.05, 3.63) is 53.7 Å². The predicted octanol–water partition coefficient (Wildman–Crippen LogP) is 3.81. The molecular weight excluding hydrogens is 432 g/mol. The lowest BCUT2D eigenvalue weighted by Crippen LogP contribution is -2.52. The Morgan fingerprint density at radius 1 is 1.15 bits per heavy atom. The molecule has 1 aliphatic heterocycles. The van der Waals surface area contributed by atoms with Crippen LogP contribution in [0.2, 0.25) is 0 Å². The third-order valence-electron chi connectivity index (χ3n) is 6.36. The fourth-order valence-corrected chi connectivity index (χ4v) is 4.56. The van der Waals surface area contributed by atoms with Crippen molar-refractivity contribution in [1.29, 1.82) is 0 Å². The number of carbonyl (C=O) groups excluding carboxylic acids is 2. The summed E-state index contributed by atoms with van der Waals surface area (Å²) in [5, 5.41) is 3.75. The third-order valence-corrected chi connectivity index (χ3v) is 6.36. The Hall–Kier alpha value is -3.52. The second-order valence-electron chi connectivity index (χ2n) is 8.76. The topological polar surface area (TPSA) is 86.9 Å². The van der Waals surface area contributed by atoms with Crippen LogP contribution in [0.4, 0.5) is 11.4 Å². The number of piperazine rings is 1. The van der Waals surface area contributed by atoms with E-state index in [9.17, 15) is 9.59 Å². The van der Waals surface area contributed by atoms with E-state index in [1.54, 1.807) is 7.11 Å². The monoisotopic (exact) mass is 464 g/mol. The van der Waals surface area contributed by atoms with E-state index >= 15 is 0 Å². The molecule has 8 heteroatoms. The Bertz CT molecular complexity index is 1190. The van der Waals surface area contributed by atoms with Crippen LogP contribution < -0.4 is 15.0 Å². The van der Waals surface area contributed by atoms with E-state index in [1.807, 2.05) is 37.3 Å². The Morgan fingerprint density at radius 2 is 1.97 bits per heavy atom. The van der Waals surface area contributed by atoms with Gasteiger partial charge in [-0.3, -0.25) is 9.69 Å². The van der Waals surface area contributed by atoms with Crippen molar-refractivity contribution >= 4 is 34.2 Å². The number of anilines is 2. The zero-order chi connectivity index (χ0) is 24.2. The molecule has 0 aliphatic carbocycles. The van der Waals surface area contributed by atoms with Gasteiger partial charge in [-0.15, -0.1) is 0 Å². The van der Waals surface area contributed by atoms with Gasteiger partial charge in [-0.1, -0.05) is 17.7 Å². The predicted molar refractivity (Wildman–Crippen MR) is 134 cm³/mol. The summed E-state index contributed by atoms with van der Waals surface area (Å²) in [5.41, 5.74) is 3.71. The lowest BCUT2D eigenvalue weighted by atomic mass is 10.1. The standard InChI is InChI=1S/C26H32N4O4/c1-17-8-9-22-21(14-17)24(25(27-22)26(32)34-4)28-23(31)10-11-29-12-13-30(18(2)16-29)19-6-5-7-20(15-19)33-3/h5-9,14-15,18,27H,10-13,16H2,1-4H3,(H,28,31)/t18-/m0/s1. The van der Waals surface area contributed by atoms with Crippen molar-refractivity contribution < 1.29 is 19.1 Å². The highest BCUT2D eigenvalue weighted by Crippen LogP contribution is 2.30. The lowest BCUT2D eigenvalue weighted by molar-refractivity contribution is -0.116. The van der Waals surface area contributed by atoms with Gasteiger partial charge >= 0.3 is 5.97 Å². The van der Waals surface area contributed by atoms with E-state index in [0.29, 0.717) is 24.7 Å². The molecule has 34 heavy (non-hydrogen) atoms. The number of carbonyl (C=O) groups is 2. The SMILES string of the molecule is COC(=O)c1[nH]c2ccc(C)cc2c1NC(=O)CCN1CCN(c2cccc(OC)c2)[C@@H](C)C1. The first-order valence-corrected chi connectivity index (χ1v) is 11.5. The molecule has 1 saturated heterocycles. The minimum Gasteiger partial charge on any atom is -0.497 e. The molecular formula is C26H32N4O4. The molecule has 180 valence electrons. The molecule has 0 bridgehead atoms. The van der Waals surface area contributed by atoms with Crippen LogP contribution in [0.1, 0.15) is 29.4 Å². The van der Waals surface area contributed by atoms with Gasteiger partial charge in [0.05, 0.1) is 19.9 Å². The molecule has 1 amide bonds. The van der Waals surface area contributed by atoms with Crippen molar-refractivity contribution in [1.82, 2.24) is 9.88 Å². The van der Waals surface area contributed by atoms with Crippen LogP contribution in [-0.2, 0) is 9.53 Å². The van der Waals surface area contributed by atoms with Crippen LogP contribution in [0.25, 0.3) is 10.9 Å². The molecule has 1 fully saturated rings. The van der Waals surface area contributed by atoms with Crippen molar-refractivity contribution in [2.45, 2.75) is 26.3 Å². The van der Waals surface area contributed by atoms with E-state index in [1.165, 1.54) is 7.11 Å². The van der Waals surface area contributed by atoms with E-state index < -0.39 is 5.97 Å². The van der Waals surface area contributed by atoms with Crippen LogP contribution in [0.15, 0.2) is 42.5 Å². The number of rotatable bonds is 7. The summed E-state index contributed by atoms with van der Waals surface area (Å²) >= 11 is 0. The van der Waals surface area contributed by atoms with E-state index in [4.69, 9.17) is 9.47 Å². The fourth-order valence-electron chi connectivity index (χ4n) is 4.56. The first-order valence-electron chi connectivity index (χ1n) is 11.5. The molecule has 0 radical (unpaired) electrons. The zero-order valence-corrected chi connectivity index (χ0v) is 20.2. The number of H-pyrrole nitrogens is 1. The molecule has 0 unspecified atom stereocenters. The normalized spacial score (nSPS) is 16.5. The molecule has 1 atom stereocenters. The average molecular weight is 465 g/mol. The van der Waals surface area contributed by atoms with Gasteiger partial charge in [0, 0.05) is 61.3 Å². The second kappa shape index (κ2) is 10.2. The summed E-state index contributed by atoms with van der Waals surface area (Å²) in [5.74, 6) is 0.213. The maximum atomic E-state index is 12.9. The summed E-state index contributed by atoms with van der Waals surface area (Å²) in [7, 11) is 3.01. The maximum absolute atomic E-state index is 12.9. The first kappa shape index (κ1) is 23.6. The number of benzene rings is 2. The molecule has 8 nitrogen and oxygen atoms in total. The van der Waals surface area contributed by atoms with Gasteiger partial charge in [0.25, 0.3) is 0 Å². The Kier molecular flexibility index (Phi) is 7.07. The number of fused-ring (bicyclic) bond motifs is 1. The molecule has 1 aliphatic rings. The van der Waals surface area contributed by atoms with Gasteiger partial charge in [0.2, 0.25) is 5.91 Å². The highest BCUT2D eigenvalue weighted by atomic mass is 16.5. The smallest absolute Gasteiger partial charge is 0.356 e. The number of aromatic amines is 1. The molecule has 1 aromatic heterocycles. The second-order valence-corrected chi connectivity index (χ2v) is 8.76. The van der Waals surface area contributed by atoms with Crippen LogP contribution in [-0.4, -0.2) is 68.2 Å². The number of nitrogens with one attached hydrogen (secondary N) is 2. The molecule has 2 N–H and O–H groups in total. The van der Waals surface area contributed by atoms with E-state index in [-0.39, 0.29) is 11.6 Å². The van der Waals surface area contributed by atoms with Crippen molar-refractivity contribution in [3.63, 3.8) is 0 Å². The van der Waals surface area contributed by atoms with Crippen LogP contribution in [0, 0.1) is 6.92 Å². The highest BCUT2D eigenvalue weighted by molar-refractivity contribution is 6.11. The fraction of sp³-hybridized carbons (Fsp3) is 0.385. The number of hydrogen-bond donors (Lipinski definition) is 2. The van der Waals surface area contributed by atoms with Crippen LogP contribution >= 0.6 is 0 Å². The lowest BCUT2D eigenvalue weighted by Gasteiger charge is -2.41. The number of hydrogen-bond acceptors (Lipinski definition) is 6. The van der Waals surface area contributed by atoms with Gasteiger partial charge in [-0.2, -0.15) is 0 Å². The van der Waals surface area contributed by atoms with Crippen molar-refractivity contribution in [2.24, 2.45) is 0 Å². The van der Waals surface area contributed by atoms with Crippen LogP contribution in [0.3, 0.4) is 0 Å². The van der Waals surface area contributed by atoms with Gasteiger partial charge in [-0.25, -0.2) is 4.79 Å². The number of ether oxygens (including phenoxy) is 2. The average Bonchev–Trinajstić information content (AvgIpc) is 3.19. The van der Waals surface area contributed by atoms with Gasteiger partial charge in [-0.05, 0) is 38.1 Å². The largest absolute Gasteiger partial charge is 0.497 e. The minimum atomic E-state index is -0.508. The number of amides is 1.